The van der Waals surface area contributed by atoms with Crippen molar-refractivity contribution < 1.29 is 19.2 Å². The smallest absolute Gasteiger partial charge is 0.247 e. The van der Waals surface area contributed by atoms with Crippen molar-refractivity contribution in [1.82, 2.24) is 10.5 Å². The van der Waals surface area contributed by atoms with Gasteiger partial charge in [-0.05, 0) is 77.0 Å². The van der Waals surface area contributed by atoms with E-state index in [4.69, 9.17) is 4.52 Å². The zero-order valence-corrected chi connectivity index (χ0v) is 19.0. The van der Waals surface area contributed by atoms with Gasteiger partial charge < -0.3 is 25.6 Å². The van der Waals surface area contributed by atoms with Gasteiger partial charge >= 0.3 is 0 Å². The first-order valence-electron chi connectivity index (χ1n) is 11.4. The highest BCUT2D eigenvalue weighted by atomic mass is 16.5. The standard InChI is InChI=1S/C24H32N4O4/c1-14-22(15(2)32-28-14)16-7-8-18(25-17-9-11-24(3,31)12-10-17)20(13-16)27-23(30)19-5-4-6-21(29)26-19/h7-8,13,17,19,25,31H,4-6,9-12H2,1-3H3,(H,26,29)(H,27,30). The van der Waals surface area contributed by atoms with Crippen molar-refractivity contribution in [2.45, 2.75) is 83.4 Å². The molecule has 1 saturated carbocycles. The van der Waals surface area contributed by atoms with Gasteiger partial charge in [-0.15, -0.1) is 0 Å². The zero-order valence-electron chi connectivity index (χ0n) is 19.0. The Hall–Kier alpha value is -2.87. The van der Waals surface area contributed by atoms with Crippen molar-refractivity contribution in [1.29, 1.82) is 0 Å². The van der Waals surface area contributed by atoms with Crippen molar-refractivity contribution >= 4 is 23.2 Å². The Labute approximate surface area is 188 Å². The van der Waals surface area contributed by atoms with Crippen LogP contribution in [0.15, 0.2) is 22.7 Å². The molecule has 1 aliphatic heterocycles. The van der Waals surface area contributed by atoms with Crippen LogP contribution < -0.4 is 16.0 Å². The maximum atomic E-state index is 13.0. The number of hydrogen-bond donors (Lipinski definition) is 4. The van der Waals surface area contributed by atoms with E-state index in [1.54, 1.807) is 0 Å². The van der Waals surface area contributed by atoms with Gasteiger partial charge in [0, 0.05) is 18.0 Å². The summed E-state index contributed by atoms with van der Waals surface area (Å²) in [5, 5.41) is 23.7. The van der Waals surface area contributed by atoms with Crippen molar-refractivity contribution in [3.05, 3.63) is 29.7 Å². The van der Waals surface area contributed by atoms with Crippen LogP contribution in [-0.2, 0) is 9.59 Å². The SMILES string of the molecule is Cc1noc(C)c1-c1ccc(NC2CCC(C)(O)CC2)c(NC(=O)C2CCCC(=O)N2)c1. The molecule has 0 spiro atoms. The summed E-state index contributed by atoms with van der Waals surface area (Å²) >= 11 is 0. The summed E-state index contributed by atoms with van der Waals surface area (Å²) in [6, 6.07) is 5.56. The number of aliphatic hydroxyl groups is 1. The van der Waals surface area contributed by atoms with Gasteiger partial charge in [-0.1, -0.05) is 11.2 Å². The Morgan fingerprint density at radius 2 is 1.97 bits per heavy atom. The number of hydrogen-bond acceptors (Lipinski definition) is 6. The molecule has 2 heterocycles. The minimum absolute atomic E-state index is 0.0894. The summed E-state index contributed by atoms with van der Waals surface area (Å²) in [6.07, 6.45) is 4.96. The van der Waals surface area contributed by atoms with E-state index in [0.717, 1.165) is 54.0 Å². The van der Waals surface area contributed by atoms with Crippen LogP contribution in [0.2, 0.25) is 0 Å². The Bertz CT molecular complexity index is 984. The van der Waals surface area contributed by atoms with E-state index >= 15 is 0 Å². The van der Waals surface area contributed by atoms with Gasteiger partial charge in [0.25, 0.3) is 0 Å². The van der Waals surface area contributed by atoms with E-state index in [0.29, 0.717) is 24.9 Å². The molecule has 2 aromatic rings. The van der Waals surface area contributed by atoms with Crippen molar-refractivity contribution in [2.75, 3.05) is 10.6 Å². The topological polar surface area (TPSA) is 116 Å². The second kappa shape index (κ2) is 8.94. The molecule has 4 rings (SSSR count). The van der Waals surface area contributed by atoms with Crippen molar-refractivity contribution in [2.24, 2.45) is 0 Å². The molecule has 0 radical (unpaired) electrons. The third kappa shape index (κ3) is 4.96. The number of aromatic nitrogens is 1. The summed E-state index contributed by atoms with van der Waals surface area (Å²) in [4.78, 5) is 24.7. The number of anilines is 2. The summed E-state index contributed by atoms with van der Waals surface area (Å²) in [5.41, 5.74) is 3.47. The molecule has 8 nitrogen and oxygen atoms in total. The van der Waals surface area contributed by atoms with Crippen molar-refractivity contribution in [3.8, 4) is 11.1 Å². The van der Waals surface area contributed by atoms with Gasteiger partial charge in [0.05, 0.1) is 22.7 Å². The number of benzene rings is 1. The van der Waals surface area contributed by atoms with Crippen LogP contribution in [0.1, 0.15) is 63.3 Å². The summed E-state index contributed by atoms with van der Waals surface area (Å²) in [5.74, 6) is 0.409. The Morgan fingerprint density at radius 1 is 1.22 bits per heavy atom. The first-order valence-corrected chi connectivity index (χ1v) is 11.4. The largest absolute Gasteiger partial charge is 0.390 e. The predicted molar refractivity (Wildman–Crippen MR) is 122 cm³/mol. The summed E-state index contributed by atoms with van der Waals surface area (Å²) < 4.78 is 5.32. The molecular weight excluding hydrogens is 408 g/mol. The maximum Gasteiger partial charge on any atom is 0.247 e. The molecule has 4 N–H and O–H groups in total. The fourth-order valence-corrected chi connectivity index (χ4v) is 4.65. The number of carbonyl (C=O) groups excluding carboxylic acids is 2. The molecule has 1 atom stereocenters. The zero-order chi connectivity index (χ0) is 22.9. The van der Waals surface area contributed by atoms with Gasteiger partial charge in [0.1, 0.15) is 11.8 Å². The Kier molecular flexibility index (Phi) is 6.24. The van der Waals surface area contributed by atoms with E-state index in [1.165, 1.54) is 0 Å². The number of rotatable bonds is 5. The van der Waals surface area contributed by atoms with Crippen molar-refractivity contribution in [3.63, 3.8) is 0 Å². The predicted octanol–water partition coefficient (Wildman–Crippen LogP) is 3.67. The quantitative estimate of drug-likeness (QED) is 0.564. The molecule has 8 heteroatoms. The molecule has 2 aliphatic rings. The van der Waals surface area contributed by atoms with E-state index in [9.17, 15) is 14.7 Å². The normalized spacial score (nSPS) is 25.8. The molecule has 1 aliphatic carbocycles. The van der Waals surface area contributed by atoms with Crippen LogP contribution in [0.25, 0.3) is 11.1 Å². The highest BCUT2D eigenvalue weighted by Crippen LogP contribution is 2.35. The third-order valence-electron chi connectivity index (χ3n) is 6.57. The minimum atomic E-state index is -0.610. The molecule has 1 saturated heterocycles. The number of nitrogens with zero attached hydrogens (tertiary/aromatic N) is 1. The summed E-state index contributed by atoms with van der Waals surface area (Å²) in [6.45, 7) is 5.64. The molecule has 172 valence electrons. The first-order chi connectivity index (χ1) is 15.2. The summed E-state index contributed by atoms with van der Waals surface area (Å²) in [7, 11) is 0. The molecule has 2 fully saturated rings. The lowest BCUT2D eigenvalue weighted by atomic mass is 9.83. The number of aryl methyl sites for hydroxylation is 2. The van der Waals surface area contributed by atoms with Gasteiger partial charge in [-0.3, -0.25) is 9.59 Å². The van der Waals surface area contributed by atoms with Crippen LogP contribution in [-0.4, -0.2) is 39.8 Å². The average molecular weight is 441 g/mol. The molecule has 2 amide bonds. The lowest BCUT2D eigenvalue weighted by Crippen LogP contribution is -2.46. The second-order valence-corrected chi connectivity index (χ2v) is 9.38. The number of carbonyl (C=O) groups is 2. The van der Waals surface area contributed by atoms with Crippen LogP contribution in [0, 0.1) is 13.8 Å². The van der Waals surface area contributed by atoms with E-state index < -0.39 is 11.6 Å². The molecule has 1 aromatic carbocycles. The van der Waals surface area contributed by atoms with Gasteiger partial charge in [0.15, 0.2) is 0 Å². The fraction of sp³-hybridized carbons (Fsp3) is 0.542. The number of amides is 2. The Balaban J connectivity index is 1.60. The van der Waals surface area contributed by atoms with E-state index in [1.807, 2.05) is 39.0 Å². The highest BCUT2D eigenvalue weighted by Gasteiger charge is 2.30. The maximum absolute atomic E-state index is 13.0. The number of nitrogens with one attached hydrogen (secondary N) is 3. The molecular formula is C24H32N4O4. The van der Waals surface area contributed by atoms with Gasteiger partial charge in [-0.2, -0.15) is 0 Å². The van der Waals surface area contributed by atoms with Crippen LogP contribution in [0.3, 0.4) is 0 Å². The van der Waals surface area contributed by atoms with Crippen LogP contribution >= 0.6 is 0 Å². The average Bonchev–Trinajstić information content (AvgIpc) is 3.09. The lowest BCUT2D eigenvalue weighted by Gasteiger charge is -2.34. The van der Waals surface area contributed by atoms with Crippen LogP contribution in [0.5, 0.6) is 0 Å². The monoisotopic (exact) mass is 440 g/mol. The Morgan fingerprint density at radius 3 is 2.62 bits per heavy atom. The molecule has 1 unspecified atom stereocenters. The lowest BCUT2D eigenvalue weighted by molar-refractivity contribution is -0.128. The molecule has 32 heavy (non-hydrogen) atoms. The van der Waals surface area contributed by atoms with Crippen LogP contribution in [0.4, 0.5) is 11.4 Å². The molecule has 0 bridgehead atoms. The fourth-order valence-electron chi connectivity index (χ4n) is 4.65. The van der Waals surface area contributed by atoms with Gasteiger partial charge in [0.2, 0.25) is 11.8 Å². The van der Waals surface area contributed by atoms with E-state index in [2.05, 4.69) is 21.1 Å². The number of piperidine rings is 1. The van der Waals surface area contributed by atoms with Gasteiger partial charge in [-0.25, -0.2) is 0 Å². The second-order valence-electron chi connectivity index (χ2n) is 9.38. The highest BCUT2D eigenvalue weighted by molar-refractivity contribution is 6.00. The van der Waals surface area contributed by atoms with E-state index in [-0.39, 0.29) is 17.9 Å². The third-order valence-corrected chi connectivity index (χ3v) is 6.57. The molecule has 1 aromatic heterocycles. The first kappa shape index (κ1) is 22.3. The minimum Gasteiger partial charge on any atom is -0.390 e.